The van der Waals surface area contributed by atoms with Gasteiger partial charge in [0.1, 0.15) is 6.04 Å². The van der Waals surface area contributed by atoms with Crippen molar-refractivity contribution in [2.75, 3.05) is 6.54 Å². The summed E-state index contributed by atoms with van der Waals surface area (Å²) < 4.78 is 5.22. The first kappa shape index (κ1) is 13.3. The van der Waals surface area contributed by atoms with Gasteiger partial charge >= 0.3 is 5.97 Å². The molecule has 106 valence electrons. The van der Waals surface area contributed by atoms with Crippen LogP contribution in [0.1, 0.15) is 19.2 Å². The number of aromatic nitrogens is 2. The summed E-state index contributed by atoms with van der Waals surface area (Å²) in [6.45, 7) is 3.10. The lowest BCUT2D eigenvalue weighted by molar-refractivity contribution is -0.143. The molecule has 0 aromatic carbocycles. The minimum absolute atomic E-state index is 0.146. The monoisotopic (exact) mass is 293 g/mol. The number of carbonyl (C=O) groups is 1. The molecule has 0 saturated carbocycles. The first-order valence-electron chi connectivity index (χ1n) is 6.48. The lowest BCUT2D eigenvalue weighted by Gasteiger charge is -2.20. The number of likely N-dealkylation sites (tertiary alicyclic amines) is 1. The number of carboxylic acids is 1. The summed E-state index contributed by atoms with van der Waals surface area (Å²) >= 11 is 1.55. The molecule has 0 spiro atoms. The van der Waals surface area contributed by atoms with Gasteiger partial charge in [-0.1, -0.05) is 18.1 Å². The molecule has 1 aliphatic rings. The zero-order chi connectivity index (χ0) is 14.1. The average Bonchev–Trinajstić information content (AvgIpc) is 3.10. The van der Waals surface area contributed by atoms with Crippen LogP contribution in [0.25, 0.3) is 10.7 Å². The summed E-state index contributed by atoms with van der Waals surface area (Å²) in [5.74, 6) is 0.392. The first-order valence-corrected chi connectivity index (χ1v) is 7.36. The van der Waals surface area contributed by atoms with Crippen molar-refractivity contribution in [2.24, 2.45) is 5.92 Å². The van der Waals surface area contributed by atoms with Crippen LogP contribution in [0, 0.1) is 5.92 Å². The molecule has 2 atom stereocenters. The van der Waals surface area contributed by atoms with Crippen LogP contribution >= 0.6 is 11.3 Å². The van der Waals surface area contributed by atoms with Crippen LogP contribution in [-0.4, -0.2) is 38.7 Å². The number of nitrogens with zero attached hydrogens (tertiary/aromatic N) is 3. The van der Waals surface area contributed by atoms with E-state index in [1.54, 1.807) is 11.3 Å². The molecule has 1 saturated heterocycles. The number of hydrogen-bond acceptors (Lipinski definition) is 6. The Morgan fingerprint density at radius 1 is 1.65 bits per heavy atom. The molecule has 3 rings (SSSR count). The summed E-state index contributed by atoms with van der Waals surface area (Å²) in [4.78, 5) is 18.5. The van der Waals surface area contributed by atoms with Crippen molar-refractivity contribution < 1.29 is 14.4 Å². The fourth-order valence-corrected chi connectivity index (χ4v) is 3.25. The maximum Gasteiger partial charge on any atom is 0.321 e. The van der Waals surface area contributed by atoms with Crippen molar-refractivity contribution in [3.8, 4) is 10.7 Å². The van der Waals surface area contributed by atoms with Crippen LogP contribution in [0.2, 0.25) is 0 Å². The Bertz CT molecular complexity index is 596. The van der Waals surface area contributed by atoms with E-state index in [-0.39, 0.29) is 5.92 Å². The predicted molar refractivity (Wildman–Crippen MR) is 73.2 cm³/mol. The highest BCUT2D eigenvalue weighted by Crippen LogP contribution is 2.26. The Morgan fingerprint density at radius 2 is 2.50 bits per heavy atom. The van der Waals surface area contributed by atoms with Crippen molar-refractivity contribution in [3.05, 3.63) is 23.4 Å². The van der Waals surface area contributed by atoms with Gasteiger partial charge in [0.25, 0.3) is 0 Å². The van der Waals surface area contributed by atoms with Gasteiger partial charge in [0.15, 0.2) is 0 Å². The highest BCUT2D eigenvalue weighted by molar-refractivity contribution is 7.13. The third-order valence-corrected chi connectivity index (χ3v) is 4.47. The van der Waals surface area contributed by atoms with Gasteiger partial charge in [-0.25, -0.2) is 0 Å². The standard InChI is InChI=1S/C13H15N3O3S/c1-8-4-5-16(11(8)13(17)18)7-10-14-12(15-19-10)9-3-2-6-20-9/h2-3,6,8,11H,4-5,7H2,1H3,(H,17,18). The van der Waals surface area contributed by atoms with E-state index in [4.69, 9.17) is 4.52 Å². The average molecular weight is 293 g/mol. The molecule has 20 heavy (non-hydrogen) atoms. The van der Waals surface area contributed by atoms with Crippen LogP contribution in [0.5, 0.6) is 0 Å². The molecule has 0 amide bonds. The lowest BCUT2D eigenvalue weighted by atomic mass is 10.0. The van der Waals surface area contributed by atoms with Gasteiger partial charge in [-0.2, -0.15) is 4.98 Å². The second kappa shape index (κ2) is 5.34. The van der Waals surface area contributed by atoms with Gasteiger partial charge in [-0.3, -0.25) is 9.69 Å². The summed E-state index contributed by atoms with van der Waals surface area (Å²) in [7, 11) is 0. The number of thiophene rings is 1. The van der Waals surface area contributed by atoms with Crippen LogP contribution in [-0.2, 0) is 11.3 Å². The number of aliphatic carboxylic acids is 1. The molecule has 0 bridgehead atoms. The first-order chi connectivity index (χ1) is 9.65. The number of carboxylic acid groups (broad SMARTS) is 1. The molecule has 0 aliphatic carbocycles. The second-order valence-electron chi connectivity index (χ2n) is 5.01. The molecule has 2 aromatic rings. The van der Waals surface area contributed by atoms with Crippen LogP contribution in [0.15, 0.2) is 22.0 Å². The van der Waals surface area contributed by atoms with Crippen LogP contribution in [0.3, 0.4) is 0 Å². The highest BCUT2D eigenvalue weighted by Gasteiger charge is 2.37. The molecule has 2 unspecified atom stereocenters. The zero-order valence-corrected chi connectivity index (χ0v) is 11.8. The van der Waals surface area contributed by atoms with Crippen LogP contribution < -0.4 is 0 Å². The number of hydrogen-bond donors (Lipinski definition) is 1. The molecule has 0 radical (unpaired) electrons. The Balaban J connectivity index is 1.74. The smallest absolute Gasteiger partial charge is 0.321 e. The van der Waals surface area contributed by atoms with Gasteiger partial charge < -0.3 is 9.63 Å². The van der Waals surface area contributed by atoms with Gasteiger partial charge in [0, 0.05) is 0 Å². The summed E-state index contributed by atoms with van der Waals surface area (Å²) in [6.07, 6.45) is 0.878. The quantitative estimate of drug-likeness (QED) is 0.930. The molecule has 3 heterocycles. The fourth-order valence-electron chi connectivity index (χ4n) is 2.60. The lowest BCUT2D eigenvalue weighted by Crippen LogP contribution is -2.38. The van der Waals surface area contributed by atoms with Gasteiger partial charge in [0.2, 0.25) is 11.7 Å². The highest BCUT2D eigenvalue weighted by atomic mass is 32.1. The minimum atomic E-state index is -0.784. The maximum atomic E-state index is 11.3. The third-order valence-electron chi connectivity index (χ3n) is 3.61. The van der Waals surface area contributed by atoms with E-state index >= 15 is 0 Å². The van der Waals surface area contributed by atoms with Gasteiger partial charge in [-0.15, -0.1) is 11.3 Å². The van der Waals surface area contributed by atoms with Crippen LogP contribution in [0.4, 0.5) is 0 Å². The minimum Gasteiger partial charge on any atom is -0.480 e. The van der Waals surface area contributed by atoms with Crippen molar-refractivity contribution >= 4 is 17.3 Å². The Hall–Kier alpha value is -1.73. The third kappa shape index (κ3) is 2.46. The predicted octanol–water partition coefficient (Wildman–Crippen LogP) is 2.09. The number of rotatable bonds is 4. The summed E-state index contributed by atoms with van der Waals surface area (Å²) in [6, 6.07) is 3.39. The Morgan fingerprint density at radius 3 is 3.20 bits per heavy atom. The molecule has 2 aromatic heterocycles. The molecule has 1 N–H and O–H groups in total. The van der Waals surface area contributed by atoms with E-state index in [1.807, 2.05) is 29.3 Å². The largest absolute Gasteiger partial charge is 0.480 e. The molecule has 7 heteroatoms. The molecular weight excluding hydrogens is 278 g/mol. The van der Waals surface area contributed by atoms with Crippen molar-refractivity contribution in [2.45, 2.75) is 25.9 Å². The maximum absolute atomic E-state index is 11.3. The van der Waals surface area contributed by atoms with Gasteiger partial charge in [0.05, 0.1) is 11.4 Å². The molecule has 6 nitrogen and oxygen atoms in total. The molecule has 1 aliphatic heterocycles. The SMILES string of the molecule is CC1CCN(Cc2nc(-c3cccs3)no2)C1C(=O)O. The molecule has 1 fully saturated rings. The van der Waals surface area contributed by atoms with Gasteiger partial charge in [-0.05, 0) is 30.3 Å². The van der Waals surface area contributed by atoms with E-state index in [9.17, 15) is 9.90 Å². The zero-order valence-electron chi connectivity index (χ0n) is 11.0. The van der Waals surface area contributed by atoms with E-state index in [0.29, 0.717) is 18.3 Å². The molecular formula is C13H15N3O3S. The fraction of sp³-hybridized carbons (Fsp3) is 0.462. The van der Waals surface area contributed by atoms with E-state index in [2.05, 4.69) is 10.1 Å². The topological polar surface area (TPSA) is 79.5 Å². The Kier molecular flexibility index (Phi) is 3.54. The summed E-state index contributed by atoms with van der Waals surface area (Å²) in [5.41, 5.74) is 0. The van der Waals surface area contributed by atoms with E-state index < -0.39 is 12.0 Å². The normalized spacial score (nSPS) is 23.2. The Labute approximate surface area is 120 Å². The second-order valence-corrected chi connectivity index (χ2v) is 5.96. The van der Waals surface area contributed by atoms with Crippen molar-refractivity contribution in [1.29, 1.82) is 0 Å². The summed E-state index contributed by atoms with van der Waals surface area (Å²) in [5, 5.41) is 15.2. The van der Waals surface area contributed by atoms with Crippen molar-refractivity contribution in [3.63, 3.8) is 0 Å². The van der Waals surface area contributed by atoms with Crippen molar-refractivity contribution in [1.82, 2.24) is 15.0 Å². The van der Waals surface area contributed by atoms with E-state index in [0.717, 1.165) is 17.8 Å². The van der Waals surface area contributed by atoms with E-state index in [1.165, 1.54) is 0 Å².